The number of hydrogen-bond donors (Lipinski definition) is 2. The molecule has 0 amide bonds. The van der Waals surface area contributed by atoms with E-state index in [9.17, 15) is 0 Å². The summed E-state index contributed by atoms with van der Waals surface area (Å²) < 4.78 is 1.30. The average Bonchev–Trinajstić information content (AvgIpc) is 2.24. The molecule has 1 aromatic rings. The standard InChI is InChI=1S/C12H17IN2/c1-9-7-10(13)4-5-12(9)15-11-3-2-6-14-8-11/h4-5,7,11,14-15H,2-3,6,8H2,1H3. The van der Waals surface area contributed by atoms with Crippen LogP contribution in [0.2, 0.25) is 0 Å². The molecule has 15 heavy (non-hydrogen) atoms. The molecule has 0 spiro atoms. The van der Waals surface area contributed by atoms with E-state index >= 15 is 0 Å². The summed E-state index contributed by atoms with van der Waals surface area (Å²) in [5, 5.41) is 7.03. The molecule has 0 saturated carbocycles. The van der Waals surface area contributed by atoms with Crippen molar-refractivity contribution in [3.05, 3.63) is 27.3 Å². The Bertz CT molecular complexity index is 332. The van der Waals surface area contributed by atoms with Crippen molar-refractivity contribution in [2.75, 3.05) is 18.4 Å². The molecule has 0 aliphatic carbocycles. The number of aryl methyl sites for hydroxylation is 1. The van der Waals surface area contributed by atoms with Gasteiger partial charge in [0.05, 0.1) is 0 Å². The fourth-order valence-corrected chi connectivity index (χ4v) is 2.63. The molecule has 1 atom stereocenters. The molecule has 1 aromatic carbocycles. The van der Waals surface area contributed by atoms with E-state index in [2.05, 4.69) is 58.3 Å². The van der Waals surface area contributed by atoms with Gasteiger partial charge in [0.2, 0.25) is 0 Å². The smallest absolute Gasteiger partial charge is 0.0386 e. The minimum absolute atomic E-state index is 0.595. The van der Waals surface area contributed by atoms with Crippen LogP contribution in [-0.2, 0) is 0 Å². The van der Waals surface area contributed by atoms with Crippen molar-refractivity contribution in [3.63, 3.8) is 0 Å². The highest BCUT2D eigenvalue weighted by Gasteiger charge is 2.12. The summed E-state index contributed by atoms with van der Waals surface area (Å²) in [6.07, 6.45) is 2.56. The molecule has 82 valence electrons. The van der Waals surface area contributed by atoms with E-state index in [0.717, 1.165) is 6.54 Å². The van der Waals surface area contributed by atoms with Crippen LogP contribution in [0.3, 0.4) is 0 Å². The van der Waals surface area contributed by atoms with E-state index in [0.29, 0.717) is 6.04 Å². The van der Waals surface area contributed by atoms with Crippen LogP contribution in [0.25, 0.3) is 0 Å². The molecule has 1 unspecified atom stereocenters. The zero-order valence-corrected chi connectivity index (χ0v) is 11.2. The first-order valence-electron chi connectivity index (χ1n) is 5.49. The normalized spacial score (nSPS) is 21.3. The Morgan fingerprint density at radius 3 is 3.00 bits per heavy atom. The first kappa shape index (κ1) is 11.2. The van der Waals surface area contributed by atoms with Crippen LogP contribution in [0.15, 0.2) is 18.2 Å². The summed E-state index contributed by atoms with van der Waals surface area (Å²) >= 11 is 2.35. The second-order valence-electron chi connectivity index (χ2n) is 4.15. The molecule has 1 aliphatic heterocycles. The van der Waals surface area contributed by atoms with Crippen LogP contribution in [0, 0.1) is 10.5 Å². The minimum Gasteiger partial charge on any atom is -0.381 e. The Labute approximate surface area is 105 Å². The van der Waals surface area contributed by atoms with E-state index in [1.165, 1.54) is 34.2 Å². The lowest BCUT2D eigenvalue weighted by molar-refractivity contribution is 0.480. The highest BCUT2D eigenvalue weighted by Crippen LogP contribution is 2.19. The maximum Gasteiger partial charge on any atom is 0.0386 e. The molecule has 3 heteroatoms. The third kappa shape index (κ3) is 3.08. The van der Waals surface area contributed by atoms with Gasteiger partial charge in [0, 0.05) is 21.8 Å². The maximum absolute atomic E-state index is 3.61. The molecule has 2 rings (SSSR count). The fraction of sp³-hybridized carbons (Fsp3) is 0.500. The Hall–Kier alpha value is -0.290. The number of benzene rings is 1. The van der Waals surface area contributed by atoms with Gasteiger partial charge in [-0.05, 0) is 72.7 Å². The predicted molar refractivity (Wildman–Crippen MR) is 73.4 cm³/mol. The first-order chi connectivity index (χ1) is 7.25. The lowest BCUT2D eigenvalue weighted by atomic mass is 10.1. The second-order valence-corrected chi connectivity index (χ2v) is 5.39. The van der Waals surface area contributed by atoms with Crippen LogP contribution >= 0.6 is 22.6 Å². The van der Waals surface area contributed by atoms with Gasteiger partial charge in [-0.1, -0.05) is 0 Å². The van der Waals surface area contributed by atoms with E-state index in [1.54, 1.807) is 0 Å². The molecule has 0 radical (unpaired) electrons. The molecule has 0 bridgehead atoms. The molecule has 0 aromatic heterocycles. The second kappa shape index (κ2) is 5.16. The molecule has 2 N–H and O–H groups in total. The third-order valence-electron chi connectivity index (χ3n) is 2.84. The largest absolute Gasteiger partial charge is 0.381 e. The SMILES string of the molecule is Cc1cc(I)ccc1NC1CCCNC1. The summed E-state index contributed by atoms with van der Waals surface area (Å²) in [4.78, 5) is 0. The van der Waals surface area contributed by atoms with E-state index in [4.69, 9.17) is 0 Å². The Kier molecular flexibility index (Phi) is 3.86. The lowest BCUT2D eigenvalue weighted by Crippen LogP contribution is -2.38. The summed E-state index contributed by atoms with van der Waals surface area (Å²) in [5.74, 6) is 0. The van der Waals surface area contributed by atoms with Crippen LogP contribution in [0.5, 0.6) is 0 Å². The van der Waals surface area contributed by atoms with Gasteiger partial charge in [-0.15, -0.1) is 0 Å². The third-order valence-corrected chi connectivity index (χ3v) is 3.52. The van der Waals surface area contributed by atoms with Gasteiger partial charge in [0.1, 0.15) is 0 Å². The average molecular weight is 316 g/mol. The van der Waals surface area contributed by atoms with Crippen molar-refractivity contribution in [2.24, 2.45) is 0 Å². The summed E-state index contributed by atoms with van der Waals surface area (Å²) in [6.45, 7) is 4.43. The van der Waals surface area contributed by atoms with Gasteiger partial charge in [-0.2, -0.15) is 0 Å². The number of anilines is 1. The van der Waals surface area contributed by atoms with Gasteiger partial charge >= 0.3 is 0 Å². The van der Waals surface area contributed by atoms with Gasteiger partial charge < -0.3 is 10.6 Å². The van der Waals surface area contributed by atoms with Crippen molar-refractivity contribution in [2.45, 2.75) is 25.8 Å². The molecule has 1 fully saturated rings. The zero-order chi connectivity index (χ0) is 10.7. The van der Waals surface area contributed by atoms with Gasteiger partial charge in [-0.3, -0.25) is 0 Å². The van der Waals surface area contributed by atoms with Gasteiger partial charge in [0.25, 0.3) is 0 Å². The number of rotatable bonds is 2. The van der Waals surface area contributed by atoms with E-state index in [-0.39, 0.29) is 0 Å². The predicted octanol–water partition coefficient (Wildman–Crippen LogP) is 2.76. The number of piperidine rings is 1. The highest BCUT2D eigenvalue weighted by atomic mass is 127. The monoisotopic (exact) mass is 316 g/mol. The van der Waals surface area contributed by atoms with E-state index in [1.807, 2.05) is 0 Å². The first-order valence-corrected chi connectivity index (χ1v) is 6.57. The number of halogens is 1. The minimum atomic E-state index is 0.595. The van der Waals surface area contributed by atoms with Crippen LogP contribution in [0.1, 0.15) is 18.4 Å². The maximum atomic E-state index is 3.61. The van der Waals surface area contributed by atoms with Crippen molar-refractivity contribution >= 4 is 28.3 Å². The Morgan fingerprint density at radius 2 is 2.33 bits per heavy atom. The fourth-order valence-electron chi connectivity index (χ4n) is 1.98. The van der Waals surface area contributed by atoms with Gasteiger partial charge in [-0.25, -0.2) is 0 Å². The quantitative estimate of drug-likeness (QED) is 0.820. The molecular formula is C12H17IN2. The molecule has 2 nitrogen and oxygen atoms in total. The van der Waals surface area contributed by atoms with Crippen LogP contribution < -0.4 is 10.6 Å². The summed E-state index contributed by atoms with van der Waals surface area (Å²) in [7, 11) is 0. The molecular weight excluding hydrogens is 299 g/mol. The Balaban J connectivity index is 2.03. The summed E-state index contributed by atoms with van der Waals surface area (Å²) in [5.41, 5.74) is 2.62. The highest BCUT2D eigenvalue weighted by molar-refractivity contribution is 14.1. The van der Waals surface area contributed by atoms with Crippen LogP contribution in [-0.4, -0.2) is 19.1 Å². The van der Waals surface area contributed by atoms with Crippen molar-refractivity contribution < 1.29 is 0 Å². The topological polar surface area (TPSA) is 24.1 Å². The van der Waals surface area contributed by atoms with E-state index < -0.39 is 0 Å². The van der Waals surface area contributed by atoms with Crippen molar-refractivity contribution in [1.29, 1.82) is 0 Å². The van der Waals surface area contributed by atoms with Crippen LogP contribution in [0.4, 0.5) is 5.69 Å². The lowest BCUT2D eigenvalue weighted by Gasteiger charge is -2.25. The Morgan fingerprint density at radius 1 is 1.47 bits per heavy atom. The van der Waals surface area contributed by atoms with Gasteiger partial charge in [0.15, 0.2) is 0 Å². The van der Waals surface area contributed by atoms with Crippen molar-refractivity contribution in [3.8, 4) is 0 Å². The molecule has 1 heterocycles. The molecule has 1 saturated heterocycles. The summed E-state index contributed by atoms with van der Waals surface area (Å²) in [6, 6.07) is 7.16. The number of nitrogens with one attached hydrogen (secondary N) is 2. The molecule has 1 aliphatic rings. The van der Waals surface area contributed by atoms with Crippen molar-refractivity contribution in [1.82, 2.24) is 5.32 Å². The number of hydrogen-bond acceptors (Lipinski definition) is 2. The zero-order valence-electron chi connectivity index (χ0n) is 9.02.